The van der Waals surface area contributed by atoms with Crippen LogP contribution >= 0.6 is 11.6 Å². The van der Waals surface area contributed by atoms with Crippen molar-refractivity contribution in [3.8, 4) is 17.2 Å². The molecule has 0 aliphatic heterocycles. The number of nitrogens with one attached hydrogen (secondary N) is 1. The van der Waals surface area contributed by atoms with Crippen molar-refractivity contribution in [3.63, 3.8) is 0 Å². The molecule has 1 N–H and O–H groups in total. The Kier molecular flexibility index (Phi) is 5.51. The number of amides is 1. The van der Waals surface area contributed by atoms with Crippen molar-refractivity contribution in [1.82, 2.24) is 5.32 Å². The lowest BCUT2D eigenvalue weighted by atomic mass is 10.1. The second-order valence-electron chi connectivity index (χ2n) is 3.58. The van der Waals surface area contributed by atoms with Gasteiger partial charge in [0.05, 0.1) is 33.4 Å². The second-order valence-corrected chi connectivity index (χ2v) is 4.12. The molecule has 0 unspecified atom stereocenters. The highest BCUT2D eigenvalue weighted by Crippen LogP contribution is 2.39. The third-order valence-corrected chi connectivity index (χ3v) is 2.52. The summed E-state index contributed by atoms with van der Waals surface area (Å²) in [4.78, 5) is 12.0. The summed E-state index contributed by atoms with van der Waals surface area (Å²) < 4.78 is 15.6. The third kappa shape index (κ3) is 3.54. The molecule has 1 aromatic carbocycles. The van der Waals surface area contributed by atoms with Crippen molar-refractivity contribution in [3.05, 3.63) is 29.3 Å². The molecule has 0 aliphatic carbocycles. The topological polar surface area (TPSA) is 56.8 Å². The lowest BCUT2D eigenvalue weighted by Gasteiger charge is -2.15. The van der Waals surface area contributed by atoms with Crippen LogP contribution in [-0.2, 0) is 0 Å². The van der Waals surface area contributed by atoms with Crippen LogP contribution in [0.4, 0.5) is 0 Å². The first-order valence-corrected chi connectivity index (χ1v) is 5.83. The van der Waals surface area contributed by atoms with Crippen LogP contribution in [0.25, 0.3) is 0 Å². The maximum atomic E-state index is 12.0. The first-order chi connectivity index (χ1) is 9.04. The maximum Gasteiger partial charge on any atom is 0.255 e. The Bertz CT molecular complexity index is 488. The third-order valence-electron chi connectivity index (χ3n) is 2.39. The Balaban J connectivity index is 3.13. The molecule has 104 valence electrons. The number of benzene rings is 1. The van der Waals surface area contributed by atoms with Gasteiger partial charge in [-0.15, -0.1) is 0 Å². The summed E-state index contributed by atoms with van der Waals surface area (Å²) in [6.07, 6.45) is 0. The molecule has 0 bridgehead atoms. The number of methoxy groups -OCH3 is 3. The van der Waals surface area contributed by atoms with E-state index in [9.17, 15) is 4.79 Å². The number of carbonyl (C=O) groups excluding carboxylic acids is 1. The molecule has 5 nitrogen and oxygen atoms in total. The lowest BCUT2D eigenvalue weighted by Crippen LogP contribution is -2.25. The van der Waals surface area contributed by atoms with Crippen molar-refractivity contribution >= 4 is 17.5 Å². The number of hydrogen-bond acceptors (Lipinski definition) is 4. The van der Waals surface area contributed by atoms with E-state index in [0.717, 1.165) is 0 Å². The summed E-state index contributed by atoms with van der Waals surface area (Å²) in [5, 5.41) is 2.96. The monoisotopic (exact) mass is 285 g/mol. The fraction of sp³-hybridized carbons (Fsp3) is 0.308. The highest BCUT2D eigenvalue weighted by Gasteiger charge is 2.20. The molecule has 0 atom stereocenters. The van der Waals surface area contributed by atoms with E-state index in [1.165, 1.54) is 21.3 Å². The number of halogens is 1. The average molecular weight is 286 g/mol. The zero-order chi connectivity index (χ0) is 14.4. The molecule has 0 aromatic heterocycles. The van der Waals surface area contributed by atoms with E-state index in [0.29, 0.717) is 27.8 Å². The van der Waals surface area contributed by atoms with Crippen LogP contribution in [-0.4, -0.2) is 33.8 Å². The number of carbonyl (C=O) groups is 1. The summed E-state index contributed by atoms with van der Waals surface area (Å²) in [7, 11) is 4.44. The molecule has 0 saturated heterocycles. The van der Waals surface area contributed by atoms with Gasteiger partial charge in [-0.25, -0.2) is 0 Å². The molecule has 6 heteroatoms. The van der Waals surface area contributed by atoms with Gasteiger partial charge in [-0.2, -0.15) is 0 Å². The van der Waals surface area contributed by atoms with E-state index in [1.54, 1.807) is 12.1 Å². The van der Waals surface area contributed by atoms with E-state index in [1.807, 2.05) is 0 Å². The van der Waals surface area contributed by atoms with Crippen molar-refractivity contribution in [2.24, 2.45) is 0 Å². The predicted molar refractivity (Wildman–Crippen MR) is 73.4 cm³/mol. The molecule has 0 fully saturated rings. The number of ether oxygens (including phenoxy) is 3. The van der Waals surface area contributed by atoms with E-state index in [-0.39, 0.29) is 12.5 Å². The van der Waals surface area contributed by atoms with E-state index in [4.69, 9.17) is 25.8 Å². The summed E-state index contributed by atoms with van der Waals surface area (Å²) in [5.74, 6) is 0.819. The predicted octanol–water partition coefficient (Wildman–Crippen LogP) is 2.19. The fourth-order valence-corrected chi connectivity index (χ4v) is 1.62. The van der Waals surface area contributed by atoms with E-state index >= 15 is 0 Å². The van der Waals surface area contributed by atoms with Gasteiger partial charge in [-0.1, -0.05) is 18.2 Å². The molecule has 0 aliphatic rings. The molecule has 0 heterocycles. The van der Waals surface area contributed by atoms with Gasteiger partial charge in [0.25, 0.3) is 5.91 Å². The van der Waals surface area contributed by atoms with Crippen LogP contribution < -0.4 is 19.5 Å². The van der Waals surface area contributed by atoms with E-state index < -0.39 is 0 Å². The molecule has 1 amide bonds. The van der Waals surface area contributed by atoms with Gasteiger partial charge in [0.1, 0.15) is 0 Å². The normalized spacial score (nSPS) is 9.68. The average Bonchev–Trinajstić information content (AvgIpc) is 2.42. The summed E-state index contributed by atoms with van der Waals surface area (Å²) >= 11 is 5.60. The highest BCUT2D eigenvalue weighted by molar-refractivity contribution is 6.29. The minimum absolute atomic E-state index is 0.178. The Morgan fingerprint density at radius 2 is 1.84 bits per heavy atom. The molecular formula is C13H16ClNO4. The first-order valence-electron chi connectivity index (χ1n) is 5.45. The van der Waals surface area contributed by atoms with Crippen LogP contribution in [0.2, 0.25) is 0 Å². The van der Waals surface area contributed by atoms with Gasteiger partial charge < -0.3 is 19.5 Å². The lowest BCUT2D eigenvalue weighted by molar-refractivity contribution is 0.0954. The van der Waals surface area contributed by atoms with Gasteiger partial charge in [-0.05, 0) is 12.1 Å². The van der Waals surface area contributed by atoms with Crippen molar-refractivity contribution < 1.29 is 19.0 Å². The Morgan fingerprint density at radius 3 is 2.32 bits per heavy atom. The molecular weight excluding hydrogens is 270 g/mol. The van der Waals surface area contributed by atoms with Gasteiger partial charge in [-0.3, -0.25) is 4.79 Å². The number of rotatable bonds is 6. The van der Waals surface area contributed by atoms with Crippen LogP contribution in [0, 0.1) is 0 Å². The van der Waals surface area contributed by atoms with Crippen LogP contribution in [0.15, 0.2) is 23.7 Å². The minimum Gasteiger partial charge on any atom is -0.493 e. The minimum atomic E-state index is -0.334. The summed E-state index contributed by atoms with van der Waals surface area (Å²) in [6.45, 7) is 3.68. The SMILES string of the molecule is C=C(Cl)CNC(=O)c1ccc(OC)c(OC)c1OC. The quantitative estimate of drug-likeness (QED) is 0.870. The zero-order valence-electron chi connectivity index (χ0n) is 11.1. The summed E-state index contributed by atoms with van der Waals surface area (Å²) in [6, 6.07) is 3.22. The second kappa shape index (κ2) is 6.89. The van der Waals surface area contributed by atoms with Gasteiger partial charge >= 0.3 is 0 Å². The summed E-state index contributed by atoms with van der Waals surface area (Å²) in [5.41, 5.74) is 0.332. The maximum absolute atomic E-state index is 12.0. The van der Waals surface area contributed by atoms with Gasteiger partial charge in [0, 0.05) is 5.03 Å². The molecule has 1 rings (SSSR count). The van der Waals surface area contributed by atoms with Crippen molar-refractivity contribution in [2.75, 3.05) is 27.9 Å². The Morgan fingerprint density at radius 1 is 1.21 bits per heavy atom. The van der Waals surface area contributed by atoms with Gasteiger partial charge in [0.2, 0.25) is 5.75 Å². The largest absolute Gasteiger partial charge is 0.493 e. The standard InChI is InChI=1S/C13H16ClNO4/c1-8(14)7-15-13(16)9-5-6-10(17-2)12(19-4)11(9)18-3/h5-6H,1,7H2,2-4H3,(H,15,16). The van der Waals surface area contributed by atoms with E-state index in [2.05, 4.69) is 11.9 Å². The Labute approximate surface area is 117 Å². The molecule has 0 spiro atoms. The van der Waals surface area contributed by atoms with Crippen LogP contribution in [0.3, 0.4) is 0 Å². The van der Waals surface area contributed by atoms with Crippen LogP contribution in [0.1, 0.15) is 10.4 Å². The molecule has 19 heavy (non-hydrogen) atoms. The fourth-order valence-electron chi connectivity index (χ4n) is 1.55. The highest BCUT2D eigenvalue weighted by atomic mass is 35.5. The zero-order valence-corrected chi connectivity index (χ0v) is 11.8. The van der Waals surface area contributed by atoms with Crippen molar-refractivity contribution in [2.45, 2.75) is 0 Å². The van der Waals surface area contributed by atoms with Crippen molar-refractivity contribution in [1.29, 1.82) is 0 Å². The number of hydrogen-bond donors (Lipinski definition) is 1. The first kappa shape index (κ1) is 15.2. The molecule has 1 aromatic rings. The smallest absolute Gasteiger partial charge is 0.255 e. The van der Waals surface area contributed by atoms with Crippen LogP contribution in [0.5, 0.6) is 17.2 Å². The Hall–Kier alpha value is -1.88. The molecule has 0 saturated carbocycles. The van der Waals surface area contributed by atoms with Gasteiger partial charge in [0.15, 0.2) is 11.5 Å². The molecule has 0 radical (unpaired) electrons.